The van der Waals surface area contributed by atoms with Crippen LogP contribution in [0.15, 0.2) is 60.1 Å². The highest BCUT2D eigenvalue weighted by molar-refractivity contribution is 6.01. The number of hydrogen-bond donors (Lipinski definition) is 3. The Labute approximate surface area is 155 Å². The summed E-state index contributed by atoms with van der Waals surface area (Å²) in [7, 11) is 0. The van der Waals surface area contributed by atoms with Gasteiger partial charge in [-0.15, -0.1) is 0 Å². The first-order valence-electron chi connectivity index (χ1n) is 8.55. The molecular formula is C19H16N6O2. The van der Waals surface area contributed by atoms with Crippen molar-refractivity contribution in [3.05, 3.63) is 77.6 Å². The van der Waals surface area contributed by atoms with Gasteiger partial charge in [-0.2, -0.15) is 0 Å². The Balaban J connectivity index is 1.49. The molecule has 2 aromatic heterocycles. The highest BCUT2D eigenvalue weighted by Gasteiger charge is 2.37. The van der Waals surface area contributed by atoms with Crippen molar-refractivity contribution in [2.75, 3.05) is 5.32 Å². The molecule has 134 valence electrons. The summed E-state index contributed by atoms with van der Waals surface area (Å²) in [5.41, 5.74) is 6.03. The van der Waals surface area contributed by atoms with E-state index >= 15 is 0 Å². The van der Waals surface area contributed by atoms with Crippen molar-refractivity contribution in [3.8, 4) is 5.75 Å². The van der Waals surface area contributed by atoms with Crippen LogP contribution in [0.1, 0.15) is 34.7 Å². The first-order valence-corrected chi connectivity index (χ1v) is 8.55. The number of aromatic nitrogens is 3. The maximum absolute atomic E-state index is 9.15. The smallest absolute Gasteiger partial charge is 0.182 e. The van der Waals surface area contributed by atoms with Crippen LogP contribution in [0, 0.1) is 0 Å². The molecule has 1 aromatic carbocycles. The van der Waals surface area contributed by atoms with Crippen LogP contribution < -0.4 is 15.5 Å². The summed E-state index contributed by atoms with van der Waals surface area (Å²) in [6.07, 6.45) is 6.52. The van der Waals surface area contributed by atoms with E-state index in [1.165, 1.54) is 0 Å². The van der Waals surface area contributed by atoms with E-state index in [0.29, 0.717) is 18.2 Å². The number of rotatable bonds is 3. The predicted molar refractivity (Wildman–Crippen MR) is 97.6 cm³/mol. The lowest BCUT2D eigenvalue weighted by Crippen LogP contribution is -2.20. The molecule has 0 aliphatic carbocycles. The molecule has 0 bridgehead atoms. The summed E-state index contributed by atoms with van der Waals surface area (Å²) in [6, 6.07) is 9.50. The van der Waals surface area contributed by atoms with Crippen molar-refractivity contribution in [1.82, 2.24) is 20.4 Å². The van der Waals surface area contributed by atoms with Gasteiger partial charge in [0.2, 0.25) is 0 Å². The number of anilines is 1. The van der Waals surface area contributed by atoms with Crippen molar-refractivity contribution in [2.45, 2.75) is 18.7 Å². The van der Waals surface area contributed by atoms with Gasteiger partial charge in [0.1, 0.15) is 5.75 Å². The second-order valence-electron chi connectivity index (χ2n) is 6.33. The second kappa shape index (κ2) is 6.33. The third-order valence-corrected chi connectivity index (χ3v) is 4.74. The lowest BCUT2D eigenvalue weighted by molar-refractivity contribution is 0.207. The Morgan fingerprint density at radius 1 is 1.11 bits per heavy atom. The maximum Gasteiger partial charge on any atom is 0.182 e. The van der Waals surface area contributed by atoms with Crippen molar-refractivity contribution < 1.29 is 9.94 Å². The summed E-state index contributed by atoms with van der Waals surface area (Å²) < 4.78 is 6.09. The maximum atomic E-state index is 9.15. The molecule has 4 heterocycles. The van der Waals surface area contributed by atoms with Crippen LogP contribution in [-0.4, -0.2) is 26.0 Å². The molecule has 8 nitrogen and oxygen atoms in total. The van der Waals surface area contributed by atoms with Crippen LogP contribution in [0.5, 0.6) is 5.75 Å². The topological polar surface area (TPSA) is 105 Å². The summed E-state index contributed by atoms with van der Waals surface area (Å²) in [5.74, 6) is 1.83. The van der Waals surface area contributed by atoms with Crippen molar-refractivity contribution in [2.24, 2.45) is 4.99 Å². The fourth-order valence-corrected chi connectivity index (χ4v) is 3.50. The Hall–Kier alpha value is -3.52. The summed E-state index contributed by atoms with van der Waals surface area (Å²) >= 11 is 0. The molecule has 3 aromatic rings. The minimum atomic E-state index is -0.357. The number of hydroxylamine groups is 1. The molecule has 0 radical (unpaired) electrons. The van der Waals surface area contributed by atoms with Gasteiger partial charge in [-0.3, -0.25) is 20.7 Å². The highest BCUT2D eigenvalue weighted by Crippen LogP contribution is 2.44. The Morgan fingerprint density at radius 3 is 2.85 bits per heavy atom. The van der Waals surface area contributed by atoms with Gasteiger partial charge in [0.05, 0.1) is 18.8 Å². The average Bonchev–Trinajstić information content (AvgIpc) is 3.30. The molecule has 0 saturated carbocycles. The molecule has 0 saturated heterocycles. The zero-order valence-corrected chi connectivity index (χ0v) is 14.2. The lowest BCUT2D eigenvalue weighted by atomic mass is 10.0. The number of benzene rings is 1. The minimum Gasteiger partial charge on any atom is -0.478 e. The first kappa shape index (κ1) is 15.7. The molecule has 2 atom stereocenters. The summed E-state index contributed by atoms with van der Waals surface area (Å²) in [6.45, 7) is 0.528. The largest absolute Gasteiger partial charge is 0.478 e. The van der Waals surface area contributed by atoms with Gasteiger partial charge in [0.25, 0.3) is 0 Å². The predicted octanol–water partition coefficient (Wildman–Crippen LogP) is 2.40. The number of ether oxygens (including phenoxy) is 1. The summed E-state index contributed by atoms with van der Waals surface area (Å²) in [5, 5.41) is 12.7. The van der Waals surface area contributed by atoms with Crippen molar-refractivity contribution >= 4 is 11.5 Å². The molecule has 5 rings (SSSR count). The Kier molecular flexibility index (Phi) is 3.68. The lowest BCUT2D eigenvalue weighted by Gasteiger charge is -2.20. The van der Waals surface area contributed by atoms with Gasteiger partial charge in [-0.25, -0.2) is 9.97 Å². The van der Waals surface area contributed by atoms with E-state index < -0.39 is 0 Å². The third kappa shape index (κ3) is 2.67. The van der Waals surface area contributed by atoms with Crippen LogP contribution in [0.3, 0.4) is 0 Å². The quantitative estimate of drug-likeness (QED) is 0.616. The number of nitrogens with one attached hydrogen (secondary N) is 2. The highest BCUT2D eigenvalue weighted by atomic mass is 16.5. The Bertz CT molecular complexity index is 1020. The van der Waals surface area contributed by atoms with E-state index in [-0.39, 0.29) is 12.1 Å². The molecule has 8 heteroatoms. The van der Waals surface area contributed by atoms with E-state index in [2.05, 4.69) is 30.7 Å². The van der Waals surface area contributed by atoms with Crippen LogP contribution in [0.4, 0.5) is 5.69 Å². The van der Waals surface area contributed by atoms with Crippen LogP contribution in [0.25, 0.3) is 0 Å². The normalized spacial score (nSPS) is 19.7. The van der Waals surface area contributed by atoms with E-state index in [0.717, 1.165) is 28.1 Å². The van der Waals surface area contributed by atoms with Gasteiger partial charge in [0.15, 0.2) is 17.8 Å². The van der Waals surface area contributed by atoms with Gasteiger partial charge < -0.3 is 10.1 Å². The second-order valence-corrected chi connectivity index (χ2v) is 6.33. The summed E-state index contributed by atoms with van der Waals surface area (Å²) in [4.78, 5) is 17.1. The number of aliphatic imine (C=N–C) groups is 1. The molecule has 3 N–H and O–H groups in total. The SMILES string of the molecule is ONC1=NCc2cc(NC3c4ccncc4OC3c3ncccn3)ccc21. The standard InChI is InChI=1S/C19H16N6O2/c26-25-18-13-3-2-12(8-11(13)9-23-18)24-16-14-4-7-20-10-15(14)27-17(16)19-21-5-1-6-22-19/h1-8,10,16-17,24,26H,9H2,(H,23,25). The molecule has 2 unspecified atom stereocenters. The van der Waals surface area contributed by atoms with E-state index in [9.17, 15) is 0 Å². The van der Waals surface area contributed by atoms with Crippen molar-refractivity contribution in [3.63, 3.8) is 0 Å². The van der Waals surface area contributed by atoms with Crippen molar-refractivity contribution in [1.29, 1.82) is 0 Å². The molecule has 0 amide bonds. The molecule has 27 heavy (non-hydrogen) atoms. The van der Waals surface area contributed by atoms with Crippen LogP contribution in [-0.2, 0) is 6.54 Å². The monoisotopic (exact) mass is 360 g/mol. The van der Waals surface area contributed by atoms with Gasteiger partial charge >= 0.3 is 0 Å². The molecule has 0 spiro atoms. The van der Waals surface area contributed by atoms with Gasteiger partial charge in [0, 0.05) is 35.4 Å². The number of amidine groups is 1. The van der Waals surface area contributed by atoms with E-state index in [1.54, 1.807) is 30.9 Å². The minimum absolute atomic E-state index is 0.152. The van der Waals surface area contributed by atoms with E-state index in [4.69, 9.17) is 9.94 Å². The fourth-order valence-electron chi connectivity index (χ4n) is 3.50. The Morgan fingerprint density at radius 2 is 2.00 bits per heavy atom. The number of nitrogens with zero attached hydrogens (tertiary/aromatic N) is 4. The molecule has 2 aliphatic rings. The number of fused-ring (bicyclic) bond motifs is 2. The van der Waals surface area contributed by atoms with Crippen LogP contribution in [0.2, 0.25) is 0 Å². The zero-order valence-electron chi connectivity index (χ0n) is 14.2. The van der Waals surface area contributed by atoms with Gasteiger partial charge in [-0.05, 0) is 35.9 Å². The molecule has 0 fully saturated rings. The van der Waals surface area contributed by atoms with Gasteiger partial charge in [-0.1, -0.05) is 0 Å². The first-order chi connectivity index (χ1) is 13.3. The molecule has 2 aliphatic heterocycles. The number of hydrogen-bond acceptors (Lipinski definition) is 8. The van der Waals surface area contributed by atoms with E-state index in [1.807, 2.05) is 24.3 Å². The zero-order chi connectivity index (χ0) is 18.2. The third-order valence-electron chi connectivity index (χ3n) is 4.74. The molecular weight excluding hydrogens is 344 g/mol. The number of pyridine rings is 1. The van der Waals surface area contributed by atoms with Crippen LogP contribution >= 0.6 is 0 Å². The average molecular weight is 360 g/mol. The fraction of sp³-hybridized carbons (Fsp3) is 0.158.